The van der Waals surface area contributed by atoms with Gasteiger partial charge in [0.15, 0.2) is 0 Å². The maximum Gasteiger partial charge on any atom is 0.315 e. The van der Waals surface area contributed by atoms with E-state index in [0.29, 0.717) is 19.5 Å². The first-order valence-corrected chi connectivity index (χ1v) is 8.87. The van der Waals surface area contributed by atoms with Crippen molar-refractivity contribution in [1.82, 2.24) is 15.6 Å². The number of aryl methyl sites for hydroxylation is 1. The van der Waals surface area contributed by atoms with Crippen LogP contribution in [0.5, 0.6) is 0 Å². The molecule has 1 aliphatic heterocycles. The molecule has 0 bridgehead atoms. The molecule has 3 N–H and O–H groups in total. The Morgan fingerprint density at radius 1 is 1.38 bits per heavy atom. The summed E-state index contributed by atoms with van der Waals surface area (Å²) in [7, 11) is 0. The van der Waals surface area contributed by atoms with E-state index in [0.717, 1.165) is 28.4 Å². The van der Waals surface area contributed by atoms with Crippen LogP contribution in [-0.4, -0.2) is 23.5 Å². The smallest absolute Gasteiger partial charge is 0.315 e. The number of thiazole rings is 1. The van der Waals surface area contributed by atoms with Gasteiger partial charge in [-0.1, -0.05) is 25.1 Å². The molecule has 6 nitrogen and oxygen atoms in total. The highest BCUT2D eigenvalue weighted by Gasteiger charge is 2.24. The summed E-state index contributed by atoms with van der Waals surface area (Å²) >= 11 is 1.60. The fourth-order valence-electron chi connectivity index (χ4n) is 2.73. The molecular weight excluding hydrogens is 324 g/mol. The molecule has 0 radical (unpaired) electrons. The summed E-state index contributed by atoms with van der Waals surface area (Å²) in [5.41, 5.74) is 2.76. The van der Waals surface area contributed by atoms with Crippen LogP contribution >= 0.6 is 11.3 Å². The largest absolute Gasteiger partial charge is 0.338 e. The fourth-order valence-corrected chi connectivity index (χ4v) is 3.47. The molecule has 0 spiro atoms. The van der Waals surface area contributed by atoms with Crippen molar-refractivity contribution in [2.45, 2.75) is 32.2 Å². The lowest BCUT2D eigenvalue weighted by Gasteiger charge is -2.25. The molecule has 1 aromatic carbocycles. The van der Waals surface area contributed by atoms with Crippen molar-refractivity contribution in [3.05, 3.63) is 45.9 Å². The van der Waals surface area contributed by atoms with E-state index in [1.165, 1.54) is 0 Å². The maximum absolute atomic E-state index is 12.0. The molecule has 0 saturated carbocycles. The fraction of sp³-hybridized carbons (Fsp3) is 0.353. The third kappa shape index (κ3) is 3.91. The van der Waals surface area contributed by atoms with Crippen LogP contribution in [0.25, 0.3) is 0 Å². The molecule has 3 rings (SSSR count). The lowest BCUT2D eigenvalue weighted by atomic mass is 9.90. The zero-order chi connectivity index (χ0) is 16.9. The van der Waals surface area contributed by atoms with Gasteiger partial charge < -0.3 is 16.0 Å². The second-order valence-electron chi connectivity index (χ2n) is 5.69. The average Bonchev–Trinajstić information content (AvgIpc) is 3.05. The van der Waals surface area contributed by atoms with Crippen LogP contribution in [0.3, 0.4) is 0 Å². The average molecular weight is 344 g/mol. The molecule has 2 aromatic rings. The minimum absolute atomic E-state index is 0.00772. The van der Waals surface area contributed by atoms with Crippen molar-refractivity contribution in [3.63, 3.8) is 0 Å². The van der Waals surface area contributed by atoms with Crippen LogP contribution in [-0.2, 0) is 17.8 Å². The van der Waals surface area contributed by atoms with E-state index in [2.05, 4.69) is 27.9 Å². The Morgan fingerprint density at radius 2 is 2.21 bits per heavy atom. The number of amides is 3. The first-order valence-electron chi connectivity index (χ1n) is 7.99. The highest BCUT2D eigenvalue weighted by molar-refractivity contribution is 7.09. The number of fused-ring (bicyclic) bond motifs is 1. The zero-order valence-electron chi connectivity index (χ0n) is 13.5. The van der Waals surface area contributed by atoms with E-state index >= 15 is 0 Å². The van der Waals surface area contributed by atoms with Crippen LogP contribution in [0.1, 0.15) is 35.5 Å². The Morgan fingerprint density at radius 3 is 3.00 bits per heavy atom. The second kappa shape index (κ2) is 7.44. The van der Waals surface area contributed by atoms with E-state index in [4.69, 9.17) is 0 Å². The number of hydrogen-bond acceptors (Lipinski definition) is 4. The number of anilines is 1. The van der Waals surface area contributed by atoms with Gasteiger partial charge in [0.2, 0.25) is 5.91 Å². The number of para-hydroxylation sites is 1. The summed E-state index contributed by atoms with van der Waals surface area (Å²) in [6, 6.07) is 7.45. The lowest BCUT2D eigenvalue weighted by molar-refractivity contribution is -0.116. The van der Waals surface area contributed by atoms with E-state index in [-0.39, 0.29) is 17.9 Å². The van der Waals surface area contributed by atoms with E-state index in [1.54, 1.807) is 11.3 Å². The minimum Gasteiger partial charge on any atom is -0.338 e. The molecule has 1 atom stereocenters. The van der Waals surface area contributed by atoms with Crippen LogP contribution in [0.15, 0.2) is 29.6 Å². The molecule has 7 heteroatoms. The Kier molecular flexibility index (Phi) is 5.10. The highest BCUT2D eigenvalue weighted by Crippen LogP contribution is 2.31. The molecule has 1 aliphatic rings. The van der Waals surface area contributed by atoms with Crippen molar-refractivity contribution in [1.29, 1.82) is 0 Å². The Bertz CT molecular complexity index is 744. The Hall–Kier alpha value is -2.41. The van der Waals surface area contributed by atoms with Crippen molar-refractivity contribution in [2.24, 2.45) is 0 Å². The predicted molar refractivity (Wildman–Crippen MR) is 94.2 cm³/mol. The van der Waals surface area contributed by atoms with Gasteiger partial charge in [-0.05, 0) is 18.1 Å². The number of carbonyl (C=O) groups is 2. The van der Waals surface area contributed by atoms with Crippen molar-refractivity contribution in [2.75, 3.05) is 11.9 Å². The summed E-state index contributed by atoms with van der Waals surface area (Å²) in [4.78, 5) is 28.2. The Labute approximate surface area is 144 Å². The first-order chi connectivity index (χ1) is 11.7. The predicted octanol–water partition coefficient (Wildman–Crippen LogP) is 2.63. The van der Waals surface area contributed by atoms with Gasteiger partial charge in [-0.25, -0.2) is 9.78 Å². The zero-order valence-corrected chi connectivity index (χ0v) is 14.3. The summed E-state index contributed by atoms with van der Waals surface area (Å²) in [6.45, 7) is 2.89. The second-order valence-corrected chi connectivity index (χ2v) is 6.63. The van der Waals surface area contributed by atoms with Gasteiger partial charge in [-0.2, -0.15) is 0 Å². The first kappa shape index (κ1) is 16.4. The number of hydrogen-bond donors (Lipinski definition) is 3. The van der Waals surface area contributed by atoms with E-state index in [1.807, 2.05) is 29.6 Å². The topological polar surface area (TPSA) is 83.1 Å². The summed E-state index contributed by atoms with van der Waals surface area (Å²) < 4.78 is 0. The van der Waals surface area contributed by atoms with Gasteiger partial charge in [0.25, 0.3) is 0 Å². The molecule has 2 heterocycles. The molecule has 24 heavy (non-hydrogen) atoms. The van der Waals surface area contributed by atoms with Gasteiger partial charge in [0.1, 0.15) is 0 Å². The Balaban J connectivity index is 1.52. The van der Waals surface area contributed by atoms with Gasteiger partial charge in [0.05, 0.1) is 17.2 Å². The lowest BCUT2D eigenvalue weighted by Crippen LogP contribution is -2.39. The van der Waals surface area contributed by atoms with Gasteiger partial charge in [0, 0.05) is 30.0 Å². The molecule has 3 amide bonds. The van der Waals surface area contributed by atoms with Crippen LogP contribution in [0, 0.1) is 0 Å². The number of urea groups is 1. The molecule has 126 valence electrons. The molecule has 0 fully saturated rings. The van der Waals surface area contributed by atoms with Crippen LogP contribution < -0.4 is 16.0 Å². The van der Waals surface area contributed by atoms with E-state index < -0.39 is 0 Å². The van der Waals surface area contributed by atoms with Gasteiger partial charge >= 0.3 is 6.03 Å². The SMILES string of the molecule is CCc1nc(CNC(=O)NC[C@@H]2CC(=O)Nc3ccccc32)cs1. The molecular formula is C17H20N4O2S. The number of benzene rings is 1. The summed E-state index contributed by atoms with van der Waals surface area (Å²) in [5.74, 6) is -0.0258. The monoisotopic (exact) mass is 344 g/mol. The van der Waals surface area contributed by atoms with Gasteiger partial charge in [-0.3, -0.25) is 4.79 Å². The molecule has 0 aliphatic carbocycles. The van der Waals surface area contributed by atoms with Crippen molar-refractivity contribution in [3.8, 4) is 0 Å². The third-order valence-electron chi connectivity index (χ3n) is 3.95. The van der Waals surface area contributed by atoms with Crippen molar-refractivity contribution < 1.29 is 9.59 Å². The third-order valence-corrected chi connectivity index (χ3v) is 4.99. The molecule has 0 unspecified atom stereocenters. The van der Waals surface area contributed by atoms with E-state index in [9.17, 15) is 9.59 Å². The van der Waals surface area contributed by atoms with Gasteiger partial charge in [-0.15, -0.1) is 11.3 Å². The number of nitrogens with zero attached hydrogens (tertiary/aromatic N) is 1. The van der Waals surface area contributed by atoms with Crippen molar-refractivity contribution >= 4 is 29.0 Å². The standard InChI is InChI=1S/C17H20N4O2S/c1-2-16-20-12(10-24-16)9-19-17(23)18-8-11-7-15(22)21-14-6-4-3-5-13(11)14/h3-6,10-11H,2,7-9H2,1H3,(H,21,22)(H2,18,19,23)/t11-/m0/s1. The van der Waals surface area contributed by atoms with Crippen LogP contribution in [0.2, 0.25) is 0 Å². The number of nitrogens with one attached hydrogen (secondary N) is 3. The summed E-state index contributed by atoms with van der Waals surface area (Å²) in [6.07, 6.45) is 1.28. The normalized spacial score (nSPS) is 16.2. The maximum atomic E-state index is 12.0. The number of aromatic nitrogens is 1. The number of carbonyl (C=O) groups excluding carboxylic acids is 2. The van der Waals surface area contributed by atoms with Crippen LogP contribution in [0.4, 0.5) is 10.5 Å². The molecule has 0 saturated heterocycles. The molecule has 1 aromatic heterocycles. The quantitative estimate of drug-likeness (QED) is 0.780. The summed E-state index contributed by atoms with van der Waals surface area (Å²) in [5, 5.41) is 11.5. The number of rotatable bonds is 5. The minimum atomic E-state index is -0.246. The highest BCUT2D eigenvalue weighted by atomic mass is 32.1.